The molecule has 0 saturated heterocycles. The van der Waals surface area contributed by atoms with Crippen molar-refractivity contribution >= 4 is 11.5 Å². The Morgan fingerprint density at radius 3 is 3.00 bits per heavy atom. The van der Waals surface area contributed by atoms with Crippen molar-refractivity contribution in [2.75, 3.05) is 11.9 Å². The Bertz CT molecular complexity index is 538. The maximum atomic E-state index is 10.8. The van der Waals surface area contributed by atoms with Crippen LogP contribution in [0.25, 0.3) is 0 Å². The van der Waals surface area contributed by atoms with Crippen molar-refractivity contribution in [1.29, 1.82) is 0 Å². The van der Waals surface area contributed by atoms with Gasteiger partial charge in [-0.3, -0.25) is 19.8 Å². The number of aromatic nitrogens is 3. The first-order chi connectivity index (χ1) is 8.66. The molecule has 18 heavy (non-hydrogen) atoms. The number of rotatable bonds is 5. The number of anilines is 1. The van der Waals surface area contributed by atoms with Gasteiger partial charge in [0.15, 0.2) is 0 Å². The first-order valence-corrected chi connectivity index (χ1v) is 5.48. The lowest BCUT2D eigenvalue weighted by Crippen LogP contribution is -2.07. The molecule has 94 valence electrons. The highest BCUT2D eigenvalue weighted by atomic mass is 16.6. The summed E-state index contributed by atoms with van der Waals surface area (Å²) in [6, 6.07) is 5.67. The van der Waals surface area contributed by atoms with Crippen LogP contribution in [0.3, 0.4) is 0 Å². The van der Waals surface area contributed by atoms with E-state index in [9.17, 15) is 10.1 Å². The molecule has 2 rings (SSSR count). The molecule has 7 heteroatoms. The van der Waals surface area contributed by atoms with Gasteiger partial charge < -0.3 is 5.32 Å². The van der Waals surface area contributed by atoms with Gasteiger partial charge in [0.25, 0.3) is 0 Å². The summed E-state index contributed by atoms with van der Waals surface area (Å²) in [5.74, 6) is 0.290. The van der Waals surface area contributed by atoms with Crippen LogP contribution in [-0.2, 0) is 13.5 Å². The highest BCUT2D eigenvalue weighted by Crippen LogP contribution is 2.21. The molecule has 0 aromatic carbocycles. The number of hydrogen-bond donors (Lipinski definition) is 1. The minimum Gasteiger partial charge on any atom is -0.362 e. The topological polar surface area (TPSA) is 85.9 Å². The summed E-state index contributed by atoms with van der Waals surface area (Å²) in [6.45, 7) is 0.550. The number of pyridine rings is 1. The summed E-state index contributed by atoms with van der Waals surface area (Å²) in [4.78, 5) is 14.5. The average Bonchev–Trinajstić information content (AvgIpc) is 2.72. The Labute approximate surface area is 104 Å². The molecule has 2 aromatic rings. The van der Waals surface area contributed by atoms with Gasteiger partial charge in [0.1, 0.15) is 6.20 Å². The van der Waals surface area contributed by atoms with Crippen LogP contribution in [0, 0.1) is 10.1 Å². The zero-order valence-corrected chi connectivity index (χ0v) is 9.91. The third-order valence-electron chi connectivity index (χ3n) is 2.41. The summed E-state index contributed by atoms with van der Waals surface area (Å²) >= 11 is 0. The van der Waals surface area contributed by atoms with E-state index in [1.165, 1.54) is 10.9 Å². The van der Waals surface area contributed by atoms with E-state index >= 15 is 0 Å². The molecule has 7 nitrogen and oxygen atoms in total. The van der Waals surface area contributed by atoms with Crippen molar-refractivity contribution in [1.82, 2.24) is 14.8 Å². The number of nitro groups is 1. The van der Waals surface area contributed by atoms with Crippen LogP contribution in [0.4, 0.5) is 11.5 Å². The fourth-order valence-electron chi connectivity index (χ4n) is 1.59. The van der Waals surface area contributed by atoms with Crippen LogP contribution < -0.4 is 5.32 Å². The van der Waals surface area contributed by atoms with E-state index in [1.807, 2.05) is 18.2 Å². The smallest absolute Gasteiger partial charge is 0.330 e. The van der Waals surface area contributed by atoms with Gasteiger partial charge in [0, 0.05) is 31.9 Å². The Balaban J connectivity index is 1.96. The molecule has 0 unspecified atom stereocenters. The molecule has 0 aliphatic rings. The van der Waals surface area contributed by atoms with Crippen molar-refractivity contribution in [3.8, 4) is 0 Å². The maximum Gasteiger partial charge on any atom is 0.330 e. The van der Waals surface area contributed by atoms with Gasteiger partial charge in [-0.15, -0.1) is 5.10 Å². The van der Waals surface area contributed by atoms with Crippen LogP contribution in [0.5, 0.6) is 0 Å². The predicted octanol–water partition coefficient (Wildman–Crippen LogP) is 1.38. The minimum absolute atomic E-state index is 0.0153. The Morgan fingerprint density at radius 2 is 2.33 bits per heavy atom. The van der Waals surface area contributed by atoms with E-state index in [0.717, 1.165) is 5.69 Å². The second kappa shape index (κ2) is 5.26. The van der Waals surface area contributed by atoms with Crippen molar-refractivity contribution in [3.63, 3.8) is 0 Å². The zero-order valence-electron chi connectivity index (χ0n) is 9.91. The molecule has 2 heterocycles. The maximum absolute atomic E-state index is 10.8. The van der Waals surface area contributed by atoms with Gasteiger partial charge in [-0.2, -0.15) is 0 Å². The molecule has 0 radical (unpaired) electrons. The van der Waals surface area contributed by atoms with Crippen molar-refractivity contribution in [3.05, 3.63) is 46.4 Å². The number of nitrogens with one attached hydrogen (secondary N) is 1. The van der Waals surface area contributed by atoms with Crippen molar-refractivity contribution < 1.29 is 4.92 Å². The number of nitrogens with zero attached hydrogens (tertiary/aromatic N) is 4. The van der Waals surface area contributed by atoms with Gasteiger partial charge in [-0.05, 0) is 12.1 Å². The van der Waals surface area contributed by atoms with E-state index in [1.54, 1.807) is 13.2 Å². The molecule has 0 fully saturated rings. The van der Waals surface area contributed by atoms with Crippen molar-refractivity contribution in [2.45, 2.75) is 6.42 Å². The summed E-state index contributed by atoms with van der Waals surface area (Å²) in [5, 5.41) is 17.7. The van der Waals surface area contributed by atoms with Gasteiger partial charge in [0.2, 0.25) is 5.82 Å². The second-order valence-electron chi connectivity index (χ2n) is 3.79. The first-order valence-electron chi connectivity index (χ1n) is 5.48. The molecule has 0 saturated carbocycles. The van der Waals surface area contributed by atoms with E-state index < -0.39 is 4.92 Å². The number of hydrogen-bond acceptors (Lipinski definition) is 5. The summed E-state index contributed by atoms with van der Waals surface area (Å²) < 4.78 is 1.42. The molecule has 0 atom stereocenters. The molecule has 1 N–H and O–H groups in total. The lowest BCUT2D eigenvalue weighted by atomic mass is 10.3. The average molecular weight is 247 g/mol. The quantitative estimate of drug-likeness (QED) is 0.637. The zero-order chi connectivity index (χ0) is 13.0. The first kappa shape index (κ1) is 12.0. The molecular weight excluding hydrogens is 234 g/mol. The molecule has 0 bridgehead atoms. The van der Waals surface area contributed by atoms with Gasteiger partial charge in [-0.1, -0.05) is 6.07 Å². The van der Waals surface area contributed by atoms with Gasteiger partial charge >= 0.3 is 5.69 Å². The minimum atomic E-state index is -0.448. The molecule has 0 aliphatic heterocycles. The van der Waals surface area contributed by atoms with Crippen LogP contribution >= 0.6 is 0 Å². The van der Waals surface area contributed by atoms with E-state index in [0.29, 0.717) is 18.8 Å². The van der Waals surface area contributed by atoms with Gasteiger partial charge in [0.05, 0.1) is 4.92 Å². The fourth-order valence-corrected chi connectivity index (χ4v) is 1.59. The lowest BCUT2D eigenvalue weighted by molar-refractivity contribution is -0.384. The monoisotopic (exact) mass is 247 g/mol. The molecule has 0 spiro atoms. The van der Waals surface area contributed by atoms with E-state index in [-0.39, 0.29) is 5.69 Å². The summed E-state index contributed by atoms with van der Waals surface area (Å²) in [7, 11) is 1.65. The normalized spacial score (nSPS) is 10.3. The highest BCUT2D eigenvalue weighted by Gasteiger charge is 2.17. The molecule has 2 aromatic heterocycles. The Morgan fingerprint density at radius 1 is 1.50 bits per heavy atom. The third kappa shape index (κ3) is 2.82. The summed E-state index contributed by atoms with van der Waals surface area (Å²) in [5.41, 5.74) is 0.919. The summed E-state index contributed by atoms with van der Waals surface area (Å²) in [6.07, 6.45) is 3.79. The van der Waals surface area contributed by atoms with Crippen LogP contribution in [0.1, 0.15) is 5.69 Å². The Hall–Kier alpha value is -2.44. The van der Waals surface area contributed by atoms with Crippen LogP contribution in [0.2, 0.25) is 0 Å². The van der Waals surface area contributed by atoms with Crippen LogP contribution in [-0.4, -0.2) is 26.2 Å². The fraction of sp³-hybridized carbons (Fsp3) is 0.273. The van der Waals surface area contributed by atoms with E-state index in [2.05, 4.69) is 15.4 Å². The highest BCUT2D eigenvalue weighted by molar-refractivity contribution is 5.54. The Kier molecular flexibility index (Phi) is 3.52. The SMILES string of the molecule is Cn1cc([N+](=O)[O-])c(NCCc2ccccn2)n1. The standard InChI is InChI=1S/C11H13N5O2/c1-15-8-10(16(17)18)11(14-15)13-7-5-9-4-2-3-6-12-9/h2-4,6,8H,5,7H2,1H3,(H,13,14). The number of aryl methyl sites for hydroxylation is 1. The predicted molar refractivity (Wildman–Crippen MR) is 66.3 cm³/mol. The molecule has 0 amide bonds. The second-order valence-corrected chi connectivity index (χ2v) is 3.79. The van der Waals surface area contributed by atoms with E-state index in [4.69, 9.17) is 0 Å². The third-order valence-corrected chi connectivity index (χ3v) is 2.41. The largest absolute Gasteiger partial charge is 0.362 e. The lowest BCUT2D eigenvalue weighted by Gasteiger charge is -2.02. The molecule has 0 aliphatic carbocycles. The van der Waals surface area contributed by atoms with Gasteiger partial charge in [-0.25, -0.2) is 0 Å². The molecular formula is C11H13N5O2. The van der Waals surface area contributed by atoms with Crippen molar-refractivity contribution in [2.24, 2.45) is 7.05 Å². The van der Waals surface area contributed by atoms with Crippen LogP contribution in [0.15, 0.2) is 30.6 Å².